The molecule has 1 fully saturated rings. The van der Waals surface area contributed by atoms with Crippen LogP contribution in [0.1, 0.15) is 19.8 Å². The quantitative estimate of drug-likeness (QED) is 0.490. The van der Waals surface area contributed by atoms with Gasteiger partial charge < -0.3 is 19.3 Å². The minimum atomic E-state index is -0.629. The number of carbonyl (C=O) groups excluding carboxylic acids is 3. The van der Waals surface area contributed by atoms with Crippen molar-refractivity contribution in [2.24, 2.45) is 0 Å². The van der Waals surface area contributed by atoms with E-state index in [4.69, 9.17) is 9.47 Å². The summed E-state index contributed by atoms with van der Waals surface area (Å²) in [5.74, 6) is -0.334. The van der Waals surface area contributed by atoms with Crippen molar-refractivity contribution < 1.29 is 23.9 Å². The maximum absolute atomic E-state index is 12.8. The van der Waals surface area contributed by atoms with Gasteiger partial charge in [-0.15, -0.1) is 0 Å². The first-order chi connectivity index (χ1) is 16.1. The van der Waals surface area contributed by atoms with E-state index in [2.05, 4.69) is 0 Å². The van der Waals surface area contributed by atoms with Gasteiger partial charge in [-0.3, -0.25) is 9.59 Å². The minimum absolute atomic E-state index is 0.113. The highest BCUT2D eigenvalue weighted by Gasteiger charge is 2.22. The molecule has 0 N–H and O–H groups in total. The first kappa shape index (κ1) is 22.3. The van der Waals surface area contributed by atoms with E-state index >= 15 is 0 Å². The number of hydrogen-bond acceptors (Lipinski definition) is 5. The highest BCUT2D eigenvalue weighted by Crippen LogP contribution is 2.27. The van der Waals surface area contributed by atoms with Crippen molar-refractivity contribution in [2.45, 2.75) is 19.8 Å². The van der Waals surface area contributed by atoms with Crippen LogP contribution in [0.4, 0.5) is 11.4 Å². The average molecular weight is 447 g/mol. The number of fused-ring (bicyclic) bond motifs is 1. The van der Waals surface area contributed by atoms with Crippen LogP contribution in [0, 0.1) is 0 Å². The van der Waals surface area contributed by atoms with E-state index in [-0.39, 0.29) is 25.0 Å². The Morgan fingerprint density at radius 3 is 2.45 bits per heavy atom. The van der Waals surface area contributed by atoms with E-state index in [1.54, 1.807) is 34.1 Å². The van der Waals surface area contributed by atoms with E-state index in [0.717, 1.165) is 28.6 Å². The van der Waals surface area contributed by atoms with Crippen LogP contribution in [0.15, 0.2) is 66.7 Å². The Morgan fingerprint density at radius 2 is 1.73 bits per heavy atom. The predicted molar refractivity (Wildman–Crippen MR) is 126 cm³/mol. The van der Waals surface area contributed by atoms with Crippen LogP contribution >= 0.6 is 0 Å². The maximum atomic E-state index is 12.8. The Balaban J connectivity index is 1.30. The summed E-state index contributed by atoms with van der Waals surface area (Å²) in [6.07, 6.45) is 1.43. The molecule has 4 rings (SSSR count). The number of rotatable bonds is 8. The molecule has 7 nitrogen and oxygen atoms in total. The molecule has 0 aromatic heterocycles. The van der Waals surface area contributed by atoms with Gasteiger partial charge in [0.25, 0.3) is 5.91 Å². The average Bonchev–Trinajstić information content (AvgIpc) is 3.28. The summed E-state index contributed by atoms with van der Waals surface area (Å²) < 4.78 is 10.6. The molecule has 1 heterocycles. The van der Waals surface area contributed by atoms with Crippen molar-refractivity contribution in [1.82, 2.24) is 0 Å². The summed E-state index contributed by atoms with van der Waals surface area (Å²) in [5.41, 5.74) is 1.59. The molecule has 0 saturated carbocycles. The van der Waals surface area contributed by atoms with Crippen LogP contribution in [0.2, 0.25) is 0 Å². The van der Waals surface area contributed by atoms with E-state index in [0.29, 0.717) is 25.3 Å². The highest BCUT2D eigenvalue weighted by atomic mass is 16.6. The number of likely N-dealkylation sites (N-methyl/N-ethyl adjacent to an activating group) is 1. The lowest BCUT2D eigenvalue weighted by atomic mass is 10.1. The SMILES string of the molecule is CCN(C(=O)COC(=O)COc1ccc(N2CCCC2=O)cc1)c1cccc2ccccc12. The topological polar surface area (TPSA) is 76.2 Å². The van der Waals surface area contributed by atoms with Crippen molar-refractivity contribution in [2.75, 3.05) is 36.1 Å². The molecule has 1 aliphatic heterocycles. The molecule has 1 saturated heterocycles. The Labute approximate surface area is 192 Å². The van der Waals surface area contributed by atoms with Gasteiger partial charge >= 0.3 is 5.97 Å². The number of amides is 2. The maximum Gasteiger partial charge on any atom is 0.344 e. The molecule has 0 atom stereocenters. The van der Waals surface area contributed by atoms with E-state index in [1.807, 2.05) is 49.4 Å². The summed E-state index contributed by atoms with van der Waals surface area (Å²) in [4.78, 5) is 40.1. The van der Waals surface area contributed by atoms with Crippen molar-refractivity contribution in [1.29, 1.82) is 0 Å². The van der Waals surface area contributed by atoms with Crippen LogP contribution in [0.3, 0.4) is 0 Å². The second-order valence-electron chi connectivity index (χ2n) is 7.73. The molecular formula is C26H26N2O5. The zero-order valence-electron chi connectivity index (χ0n) is 18.5. The molecule has 170 valence electrons. The molecule has 0 bridgehead atoms. The van der Waals surface area contributed by atoms with Gasteiger partial charge in [-0.25, -0.2) is 4.79 Å². The van der Waals surface area contributed by atoms with Crippen LogP contribution in [-0.4, -0.2) is 44.1 Å². The second-order valence-corrected chi connectivity index (χ2v) is 7.73. The first-order valence-corrected chi connectivity index (χ1v) is 11.0. The largest absolute Gasteiger partial charge is 0.482 e. The van der Waals surface area contributed by atoms with E-state index in [9.17, 15) is 14.4 Å². The minimum Gasteiger partial charge on any atom is -0.482 e. The number of carbonyl (C=O) groups is 3. The lowest BCUT2D eigenvalue weighted by molar-refractivity contribution is -0.149. The number of nitrogens with zero attached hydrogens (tertiary/aromatic N) is 2. The lowest BCUT2D eigenvalue weighted by Crippen LogP contribution is -2.35. The van der Waals surface area contributed by atoms with E-state index in [1.165, 1.54) is 0 Å². The van der Waals surface area contributed by atoms with Gasteiger partial charge in [-0.05, 0) is 49.1 Å². The third kappa shape index (κ3) is 5.14. The Kier molecular flexibility index (Phi) is 6.88. The second kappa shape index (κ2) is 10.2. The molecule has 0 aliphatic carbocycles. The number of esters is 1. The standard InChI is InChI=1S/C26H26N2O5/c1-2-27(23-10-5-8-19-7-3-4-9-22(19)23)25(30)17-33-26(31)18-32-21-14-12-20(13-15-21)28-16-6-11-24(28)29/h3-5,7-10,12-15H,2,6,11,16-18H2,1H3. The van der Waals surface area contributed by atoms with Crippen molar-refractivity contribution >= 4 is 39.9 Å². The third-order valence-electron chi connectivity index (χ3n) is 5.61. The summed E-state index contributed by atoms with van der Waals surface area (Å²) >= 11 is 0. The van der Waals surface area contributed by atoms with Gasteiger partial charge in [0, 0.05) is 30.6 Å². The van der Waals surface area contributed by atoms with Gasteiger partial charge in [0.15, 0.2) is 13.2 Å². The summed E-state index contributed by atoms with van der Waals surface area (Å²) in [7, 11) is 0. The summed E-state index contributed by atoms with van der Waals surface area (Å²) in [6, 6.07) is 20.6. The van der Waals surface area contributed by atoms with Crippen molar-refractivity contribution in [3.63, 3.8) is 0 Å². The van der Waals surface area contributed by atoms with E-state index < -0.39 is 5.97 Å². The molecule has 0 radical (unpaired) electrons. The zero-order chi connectivity index (χ0) is 23.2. The van der Waals surface area contributed by atoms with Crippen molar-refractivity contribution in [3.05, 3.63) is 66.7 Å². The smallest absolute Gasteiger partial charge is 0.344 e. The molecule has 1 aliphatic rings. The van der Waals surface area contributed by atoms with Gasteiger partial charge in [-0.2, -0.15) is 0 Å². The predicted octanol–water partition coefficient (Wildman–Crippen LogP) is 3.94. The summed E-state index contributed by atoms with van der Waals surface area (Å²) in [5, 5.41) is 2.00. The molecular weight excluding hydrogens is 420 g/mol. The zero-order valence-corrected chi connectivity index (χ0v) is 18.5. The van der Waals surface area contributed by atoms with Crippen molar-refractivity contribution in [3.8, 4) is 5.75 Å². The van der Waals surface area contributed by atoms with Crippen LogP contribution in [0.25, 0.3) is 10.8 Å². The fraction of sp³-hybridized carbons (Fsp3) is 0.269. The molecule has 0 unspecified atom stereocenters. The number of hydrogen-bond donors (Lipinski definition) is 0. The number of ether oxygens (including phenoxy) is 2. The molecule has 7 heteroatoms. The molecule has 3 aromatic carbocycles. The Morgan fingerprint density at radius 1 is 0.970 bits per heavy atom. The fourth-order valence-electron chi connectivity index (χ4n) is 3.97. The summed E-state index contributed by atoms with van der Waals surface area (Å²) in [6.45, 7) is 2.37. The first-order valence-electron chi connectivity index (χ1n) is 11.0. The van der Waals surface area contributed by atoms with Gasteiger partial charge in [-0.1, -0.05) is 36.4 Å². The molecule has 2 amide bonds. The lowest BCUT2D eigenvalue weighted by Gasteiger charge is -2.22. The number of anilines is 2. The molecule has 3 aromatic rings. The van der Waals surface area contributed by atoms with Crippen LogP contribution in [-0.2, 0) is 19.1 Å². The van der Waals surface area contributed by atoms with Gasteiger partial charge in [0.1, 0.15) is 5.75 Å². The Hall–Kier alpha value is -3.87. The van der Waals surface area contributed by atoms with Gasteiger partial charge in [0.2, 0.25) is 5.91 Å². The van der Waals surface area contributed by atoms with Crippen LogP contribution in [0.5, 0.6) is 5.75 Å². The molecule has 0 spiro atoms. The Bertz CT molecular complexity index is 1150. The monoisotopic (exact) mass is 446 g/mol. The van der Waals surface area contributed by atoms with Gasteiger partial charge in [0.05, 0.1) is 5.69 Å². The number of benzene rings is 3. The van der Waals surface area contributed by atoms with Crippen LogP contribution < -0.4 is 14.5 Å². The highest BCUT2D eigenvalue weighted by molar-refractivity contribution is 6.04. The normalized spacial score (nSPS) is 13.2. The fourth-order valence-corrected chi connectivity index (χ4v) is 3.97. The third-order valence-corrected chi connectivity index (χ3v) is 5.61. The molecule has 33 heavy (non-hydrogen) atoms.